The minimum atomic E-state index is -3.99. The zero-order valence-corrected chi connectivity index (χ0v) is 36.1. The van der Waals surface area contributed by atoms with E-state index in [2.05, 4.69) is 41.4 Å². The number of carbonyl (C=O) groups excluding carboxylic acids is 8. The fraction of sp³-hybridized carbons (Fsp3) is 0.703. The van der Waals surface area contributed by atoms with Crippen LogP contribution in [0.3, 0.4) is 0 Å². The van der Waals surface area contributed by atoms with Crippen LogP contribution in [-0.2, 0) is 58.8 Å². The fourth-order valence-corrected chi connectivity index (χ4v) is 10.6. The van der Waals surface area contributed by atoms with E-state index in [0.717, 1.165) is 14.2 Å². The van der Waals surface area contributed by atoms with Gasteiger partial charge in [0.2, 0.25) is 42.9 Å². The number of nitrogens with two attached hydrogens (primary N) is 1. The second-order valence-electron chi connectivity index (χ2n) is 16.4. The second kappa shape index (κ2) is 19.2. The van der Waals surface area contributed by atoms with Crippen molar-refractivity contribution in [2.75, 3.05) is 26.9 Å². The minimum absolute atomic E-state index is 0.0504. The zero-order valence-electron chi connectivity index (χ0n) is 35.2. The number of likely N-dealkylation sites (tertiary alicyclic amines) is 1. The molecule has 0 radical (unpaired) electrons. The number of aromatic nitrogens is 2. The molecule has 334 valence electrons. The van der Waals surface area contributed by atoms with Gasteiger partial charge in [0.15, 0.2) is 0 Å². The fourth-order valence-electron chi connectivity index (χ4n) is 7.88. The number of rotatable bonds is 21. The van der Waals surface area contributed by atoms with Gasteiger partial charge in [-0.2, -0.15) is 0 Å². The number of hydrogen-bond donors (Lipinski definition) is 9. The first-order valence-corrected chi connectivity index (χ1v) is 21.7. The van der Waals surface area contributed by atoms with Gasteiger partial charge in [-0.1, -0.05) is 20.8 Å². The summed E-state index contributed by atoms with van der Waals surface area (Å²) in [6.07, 6.45) is 1.81. The molecule has 0 spiro atoms. The number of methoxy groups -OCH3 is 2. The molecule has 1 aromatic heterocycles. The van der Waals surface area contributed by atoms with Gasteiger partial charge in [-0.25, -0.2) is 15.2 Å². The van der Waals surface area contributed by atoms with Crippen LogP contribution in [0.25, 0.3) is 0 Å². The van der Waals surface area contributed by atoms with E-state index in [9.17, 15) is 48.0 Å². The van der Waals surface area contributed by atoms with Crippen LogP contribution in [0.1, 0.15) is 72.9 Å². The lowest BCUT2D eigenvalue weighted by Crippen LogP contribution is -2.62. The maximum absolute atomic E-state index is 14.2. The first-order valence-electron chi connectivity index (χ1n) is 19.8. The number of hydrogen-bond acceptors (Lipinski definition) is 13. The molecule has 10 N–H and O–H groups in total. The summed E-state index contributed by atoms with van der Waals surface area (Å²) < 4.78 is 23.7. The molecule has 0 bridgehead atoms. The first kappa shape index (κ1) is 47.8. The standard InChI is InChI=1S/C37H59N10O12P/c1-18(2)24-13-36(24,44-31(52)26-10-9-11-47(26)22(6)48)34(55)41-25(12-23-15-39-17-40-23)30(51)43-37(14-27(37)49)35(56)42-28(29(38)50)19(3)16-60(57,45-20(4)32(53)58-7)46-21(5)33(54)59-8/h15,17-21,24-28,49H,9-14,16H2,1-8H3,(H2,38,50)(H,39,40)(H,41,55)(H,42,56)(H,43,51)(H,44,52)(H2,45,46,57)/t19-,20-,21-,24-,25-,26-,27?,28-,36?,37?/m0/s1. The van der Waals surface area contributed by atoms with Crippen molar-refractivity contribution >= 4 is 54.8 Å². The third-order valence-electron chi connectivity index (χ3n) is 11.4. The summed E-state index contributed by atoms with van der Waals surface area (Å²) >= 11 is 0. The van der Waals surface area contributed by atoms with Gasteiger partial charge >= 0.3 is 11.9 Å². The molecule has 23 heteroatoms. The normalized spacial score (nSPS) is 25.8. The predicted molar refractivity (Wildman–Crippen MR) is 212 cm³/mol. The number of primary amides is 1. The minimum Gasteiger partial charge on any atom is -0.468 e. The molecule has 2 aliphatic carbocycles. The van der Waals surface area contributed by atoms with Crippen molar-refractivity contribution in [2.24, 2.45) is 23.5 Å². The molecule has 4 rings (SSSR count). The number of H-pyrrole nitrogens is 1. The molecule has 3 fully saturated rings. The number of esters is 2. The Morgan fingerprint density at radius 2 is 1.53 bits per heavy atom. The van der Waals surface area contributed by atoms with Gasteiger partial charge in [-0.05, 0) is 50.9 Å². The van der Waals surface area contributed by atoms with Crippen LogP contribution in [0, 0.1) is 17.8 Å². The van der Waals surface area contributed by atoms with Crippen molar-refractivity contribution in [1.29, 1.82) is 0 Å². The van der Waals surface area contributed by atoms with E-state index < -0.39 is 108 Å². The summed E-state index contributed by atoms with van der Waals surface area (Å²) in [7, 11) is -1.74. The number of imidazole rings is 1. The van der Waals surface area contributed by atoms with Crippen molar-refractivity contribution in [3.05, 3.63) is 18.2 Å². The smallest absolute Gasteiger partial charge is 0.322 e. The highest BCUT2D eigenvalue weighted by atomic mass is 31.2. The average Bonchev–Trinajstić information content (AvgIpc) is 3.82. The van der Waals surface area contributed by atoms with E-state index in [-0.39, 0.29) is 37.0 Å². The molecule has 1 aromatic rings. The van der Waals surface area contributed by atoms with Gasteiger partial charge in [0.1, 0.15) is 41.3 Å². The SMILES string of the molecule is COC(=O)[C@H](C)NP(=O)(C[C@H](C)[C@H](NC(=O)C1(NC(=O)[C@H](Cc2cnc[nH]2)NC(=O)C2(NC(=O)[C@@H]3CCCN3C(C)=O)C[C@H]2C(C)C)CC1O)C(N)=O)N[C@@H](C)C(=O)OC. The van der Waals surface area contributed by atoms with Crippen LogP contribution < -0.4 is 37.2 Å². The topological polar surface area (TPSA) is 322 Å². The van der Waals surface area contributed by atoms with E-state index in [1.54, 1.807) is 0 Å². The second-order valence-corrected chi connectivity index (χ2v) is 18.7. The molecule has 60 heavy (non-hydrogen) atoms. The molecule has 22 nitrogen and oxygen atoms in total. The van der Waals surface area contributed by atoms with Gasteiger partial charge in [-0.15, -0.1) is 0 Å². The number of nitrogens with zero attached hydrogens (tertiary/aromatic N) is 2. The highest BCUT2D eigenvalue weighted by Gasteiger charge is 2.64. The van der Waals surface area contributed by atoms with Gasteiger partial charge in [0.05, 0.1) is 26.7 Å². The first-order chi connectivity index (χ1) is 28.0. The summed E-state index contributed by atoms with van der Waals surface area (Å²) in [5, 5.41) is 26.7. The molecule has 2 heterocycles. The van der Waals surface area contributed by atoms with Crippen LogP contribution in [-0.4, -0.2) is 142 Å². The van der Waals surface area contributed by atoms with E-state index in [1.165, 1.54) is 45.1 Å². The molecule has 1 aliphatic heterocycles. The third kappa shape index (κ3) is 10.9. The van der Waals surface area contributed by atoms with Gasteiger partial charge in [-0.3, -0.25) is 42.9 Å². The summed E-state index contributed by atoms with van der Waals surface area (Å²) in [5.74, 6) is -7.32. The summed E-state index contributed by atoms with van der Waals surface area (Å²) in [5.41, 5.74) is 2.77. The molecule has 0 aromatic carbocycles. The Balaban J connectivity index is 1.54. The Kier molecular flexibility index (Phi) is 15.3. The predicted octanol–water partition coefficient (Wildman–Crippen LogP) is -2.30. The van der Waals surface area contributed by atoms with E-state index in [4.69, 9.17) is 15.2 Å². The third-order valence-corrected chi connectivity index (χ3v) is 14.1. The monoisotopic (exact) mass is 866 g/mol. The van der Waals surface area contributed by atoms with Crippen LogP contribution in [0.15, 0.2) is 12.5 Å². The molecule has 10 atom stereocenters. The number of aliphatic hydroxyl groups excluding tert-OH is 1. The van der Waals surface area contributed by atoms with E-state index >= 15 is 0 Å². The molecule has 1 saturated heterocycles. The number of nitrogens with one attached hydrogen (secondary N) is 7. The Bertz CT molecular complexity index is 1840. The van der Waals surface area contributed by atoms with Crippen molar-refractivity contribution in [3.63, 3.8) is 0 Å². The lowest BCUT2D eigenvalue weighted by molar-refractivity contribution is -0.142. The number of amides is 6. The van der Waals surface area contributed by atoms with Crippen LogP contribution in [0.2, 0.25) is 0 Å². The van der Waals surface area contributed by atoms with Crippen molar-refractivity contribution in [2.45, 2.75) is 121 Å². The molecule has 2 saturated carbocycles. The van der Waals surface area contributed by atoms with Crippen LogP contribution in [0.4, 0.5) is 0 Å². The molecule has 6 amide bonds. The Hall–Kier alpha value is -4.92. The molecule has 3 aliphatic rings. The Morgan fingerprint density at radius 1 is 0.950 bits per heavy atom. The highest BCUT2D eigenvalue weighted by Crippen LogP contribution is 2.49. The Morgan fingerprint density at radius 3 is 2.00 bits per heavy atom. The molecule has 3 unspecified atom stereocenters. The summed E-state index contributed by atoms with van der Waals surface area (Å²) in [4.78, 5) is 114. The van der Waals surface area contributed by atoms with Gasteiger partial charge in [0, 0.05) is 44.4 Å². The number of aromatic amines is 1. The van der Waals surface area contributed by atoms with Crippen LogP contribution in [0.5, 0.6) is 0 Å². The van der Waals surface area contributed by atoms with Gasteiger partial charge in [0.25, 0.3) is 0 Å². The average molecular weight is 867 g/mol. The maximum Gasteiger partial charge on any atom is 0.322 e. The molecular weight excluding hydrogens is 807 g/mol. The van der Waals surface area contributed by atoms with Crippen molar-refractivity contribution in [1.82, 2.24) is 46.3 Å². The number of ether oxygens (including phenoxy) is 2. The maximum atomic E-state index is 14.2. The van der Waals surface area contributed by atoms with E-state index in [0.29, 0.717) is 25.1 Å². The van der Waals surface area contributed by atoms with Crippen molar-refractivity contribution < 1.29 is 57.5 Å². The summed E-state index contributed by atoms with van der Waals surface area (Å²) in [6, 6.07) is -5.97. The number of carbonyl (C=O) groups is 8. The lowest BCUT2D eigenvalue weighted by atomic mass is 10.0. The zero-order chi connectivity index (χ0) is 44.9. The highest BCUT2D eigenvalue weighted by molar-refractivity contribution is 7.60. The van der Waals surface area contributed by atoms with Crippen molar-refractivity contribution in [3.8, 4) is 0 Å². The van der Waals surface area contributed by atoms with Gasteiger partial charge < -0.3 is 51.5 Å². The molecular formula is C37H59N10O12P. The van der Waals surface area contributed by atoms with E-state index in [1.807, 2.05) is 13.8 Å². The lowest BCUT2D eigenvalue weighted by Gasteiger charge is -2.31. The van der Waals surface area contributed by atoms with Crippen LogP contribution >= 0.6 is 7.44 Å². The quantitative estimate of drug-likeness (QED) is 0.0464. The largest absolute Gasteiger partial charge is 0.468 e. The number of aliphatic hydroxyl groups is 1. The summed E-state index contributed by atoms with van der Waals surface area (Å²) in [6.45, 7) is 9.75. The Labute approximate surface area is 347 Å².